The summed E-state index contributed by atoms with van der Waals surface area (Å²) in [5.74, 6) is 2.89. The normalized spacial score (nSPS) is 19.8. The quantitative estimate of drug-likeness (QED) is 0.230. The third-order valence-corrected chi connectivity index (χ3v) is 10.7. The van der Waals surface area contributed by atoms with Crippen molar-refractivity contribution in [1.29, 1.82) is 0 Å². The van der Waals surface area contributed by atoms with Crippen LogP contribution in [0.3, 0.4) is 0 Å². The first kappa shape index (κ1) is 29.3. The number of nitrogens with zero attached hydrogens (tertiary/aromatic N) is 6. The summed E-state index contributed by atoms with van der Waals surface area (Å²) in [5, 5.41) is 7.42. The molecular weight excluding hydrogens is 580 g/mol. The zero-order valence-electron chi connectivity index (χ0n) is 26.5. The van der Waals surface area contributed by atoms with Crippen LogP contribution in [-0.4, -0.2) is 62.4 Å². The highest BCUT2D eigenvalue weighted by molar-refractivity contribution is 6.18. The highest BCUT2D eigenvalue weighted by Crippen LogP contribution is 2.45. The van der Waals surface area contributed by atoms with E-state index in [4.69, 9.17) is 27.2 Å². The molecule has 46 heavy (non-hydrogen) atoms. The minimum absolute atomic E-state index is 0.0101. The molecule has 0 aliphatic carbocycles. The fourth-order valence-electron chi connectivity index (χ4n) is 8.67. The largest absolute Gasteiger partial charge is 0.354 e. The SMILES string of the molecule is C#Cc1c(F)ccc2cc(C)cc(-c3c(F)c4nc(CCC56CCCN5CCC6)nc(N5CCCC(N)C5)c4c4cn(C)nc34)c12. The number of benzene rings is 3. The summed E-state index contributed by atoms with van der Waals surface area (Å²) in [7, 11) is 1.83. The van der Waals surface area contributed by atoms with Crippen molar-refractivity contribution in [3.8, 4) is 23.5 Å². The van der Waals surface area contributed by atoms with Crippen LogP contribution >= 0.6 is 0 Å². The van der Waals surface area contributed by atoms with Crippen LogP contribution in [0.4, 0.5) is 14.6 Å². The smallest absolute Gasteiger partial charge is 0.159 e. The van der Waals surface area contributed by atoms with Crippen LogP contribution in [-0.2, 0) is 13.5 Å². The van der Waals surface area contributed by atoms with Gasteiger partial charge < -0.3 is 10.6 Å². The summed E-state index contributed by atoms with van der Waals surface area (Å²) in [6.07, 6.45) is 16.1. The molecule has 3 aliphatic rings. The van der Waals surface area contributed by atoms with E-state index in [9.17, 15) is 0 Å². The van der Waals surface area contributed by atoms with Gasteiger partial charge in [0.15, 0.2) is 5.82 Å². The van der Waals surface area contributed by atoms with Crippen molar-refractivity contribution < 1.29 is 8.78 Å². The molecule has 0 radical (unpaired) electrons. The number of piperidine rings is 1. The number of aromatic nitrogens is 4. The van der Waals surface area contributed by atoms with Gasteiger partial charge in [0.05, 0.1) is 10.9 Å². The van der Waals surface area contributed by atoms with Gasteiger partial charge in [0.25, 0.3) is 0 Å². The molecule has 3 aliphatic heterocycles. The molecule has 0 bridgehead atoms. The first-order valence-corrected chi connectivity index (χ1v) is 16.6. The van der Waals surface area contributed by atoms with E-state index in [1.165, 1.54) is 31.7 Å². The van der Waals surface area contributed by atoms with Gasteiger partial charge in [-0.3, -0.25) is 9.58 Å². The lowest BCUT2D eigenvalue weighted by Gasteiger charge is -2.33. The summed E-state index contributed by atoms with van der Waals surface area (Å²) >= 11 is 0. The third-order valence-electron chi connectivity index (χ3n) is 10.7. The molecule has 1 atom stereocenters. The Hall–Kier alpha value is -4.13. The minimum Gasteiger partial charge on any atom is -0.354 e. The predicted molar refractivity (Wildman–Crippen MR) is 180 cm³/mol. The number of fused-ring (bicyclic) bond motifs is 5. The fourth-order valence-corrected chi connectivity index (χ4v) is 8.67. The van der Waals surface area contributed by atoms with E-state index in [1.54, 1.807) is 10.7 Å². The van der Waals surface area contributed by atoms with Crippen LogP contribution in [0.2, 0.25) is 0 Å². The van der Waals surface area contributed by atoms with Gasteiger partial charge >= 0.3 is 0 Å². The van der Waals surface area contributed by atoms with Crippen molar-refractivity contribution >= 4 is 38.4 Å². The van der Waals surface area contributed by atoms with Crippen LogP contribution in [0, 0.1) is 30.9 Å². The first-order valence-electron chi connectivity index (χ1n) is 16.6. The second kappa shape index (κ2) is 11.0. The van der Waals surface area contributed by atoms with Crippen molar-refractivity contribution in [3.05, 3.63) is 59.0 Å². The Morgan fingerprint density at radius 2 is 1.85 bits per heavy atom. The summed E-state index contributed by atoms with van der Waals surface area (Å²) in [5.41, 5.74) is 9.20. The lowest BCUT2D eigenvalue weighted by atomic mass is 9.88. The molecular formula is C37H39F2N7. The number of hydrogen-bond acceptors (Lipinski definition) is 6. The van der Waals surface area contributed by atoms with Gasteiger partial charge in [0.2, 0.25) is 0 Å². The molecule has 5 aromatic rings. The van der Waals surface area contributed by atoms with Crippen LogP contribution in [0.15, 0.2) is 30.5 Å². The van der Waals surface area contributed by atoms with Gasteiger partial charge in [0.1, 0.15) is 28.5 Å². The van der Waals surface area contributed by atoms with Crippen molar-refractivity contribution in [2.45, 2.75) is 69.9 Å². The van der Waals surface area contributed by atoms with E-state index < -0.39 is 11.6 Å². The fraction of sp³-hybridized carbons (Fsp3) is 0.432. The number of terminal acetylenes is 1. The molecule has 7 nitrogen and oxygen atoms in total. The maximum absolute atomic E-state index is 17.5. The monoisotopic (exact) mass is 619 g/mol. The Bertz CT molecular complexity index is 2070. The number of rotatable bonds is 5. The summed E-state index contributed by atoms with van der Waals surface area (Å²) in [6.45, 7) is 5.68. The average molecular weight is 620 g/mol. The van der Waals surface area contributed by atoms with Crippen molar-refractivity contribution in [1.82, 2.24) is 24.6 Å². The zero-order valence-corrected chi connectivity index (χ0v) is 26.5. The Kier molecular flexibility index (Phi) is 7.00. The predicted octanol–water partition coefficient (Wildman–Crippen LogP) is 6.39. The van der Waals surface area contributed by atoms with Gasteiger partial charge in [-0.25, -0.2) is 18.7 Å². The Morgan fingerprint density at radius 1 is 1.04 bits per heavy atom. The molecule has 0 saturated carbocycles. The number of aryl methyl sites for hydroxylation is 3. The first-order chi connectivity index (χ1) is 22.3. The summed E-state index contributed by atoms with van der Waals surface area (Å²) in [4.78, 5) is 15.1. The molecule has 3 saturated heterocycles. The van der Waals surface area contributed by atoms with E-state index in [1.807, 2.05) is 32.3 Å². The minimum atomic E-state index is -0.515. The second-order valence-corrected chi connectivity index (χ2v) is 13.7. The van der Waals surface area contributed by atoms with E-state index in [-0.39, 0.29) is 28.2 Å². The van der Waals surface area contributed by atoms with Crippen LogP contribution in [0.25, 0.3) is 43.7 Å². The molecule has 1 unspecified atom stereocenters. The van der Waals surface area contributed by atoms with Crippen molar-refractivity contribution in [3.63, 3.8) is 0 Å². The summed E-state index contributed by atoms with van der Waals surface area (Å²) in [6, 6.07) is 6.90. The molecule has 3 aromatic carbocycles. The van der Waals surface area contributed by atoms with E-state index >= 15 is 8.78 Å². The number of halogens is 2. The summed E-state index contributed by atoms with van der Waals surface area (Å²) < 4.78 is 34.3. The topological polar surface area (TPSA) is 76.1 Å². The van der Waals surface area contributed by atoms with Crippen LogP contribution < -0.4 is 10.6 Å². The van der Waals surface area contributed by atoms with Crippen molar-refractivity contribution in [2.24, 2.45) is 12.8 Å². The van der Waals surface area contributed by atoms with Gasteiger partial charge in [0, 0.05) is 60.7 Å². The van der Waals surface area contributed by atoms with E-state index in [0.29, 0.717) is 40.6 Å². The molecule has 5 heterocycles. The van der Waals surface area contributed by atoms with Crippen LogP contribution in [0.5, 0.6) is 0 Å². The Labute approximate surface area is 267 Å². The lowest BCUT2D eigenvalue weighted by molar-refractivity contribution is 0.182. The maximum Gasteiger partial charge on any atom is 0.159 e. The molecule has 2 N–H and O–H groups in total. The maximum atomic E-state index is 17.5. The average Bonchev–Trinajstić information content (AvgIpc) is 3.74. The Morgan fingerprint density at radius 3 is 2.61 bits per heavy atom. The highest BCUT2D eigenvalue weighted by Gasteiger charge is 2.43. The van der Waals surface area contributed by atoms with Crippen molar-refractivity contribution in [2.75, 3.05) is 31.1 Å². The van der Waals surface area contributed by atoms with Gasteiger partial charge in [-0.2, -0.15) is 5.10 Å². The van der Waals surface area contributed by atoms with E-state index in [2.05, 4.69) is 15.7 Å². The molecule has 236 valence electrons. The molecule has 0 amide bonds. The second-order valence-electron chi connectivity index (χ2n) is 13.7. The molecule has 3 fully saturated rings. The van der Waals surface area contributed by atoms with E-state index in [0.717, 1.165) is 61.1 Å². The molecule has 2 aromatic heterocycles. The number of anilines is 1. The van der Waals surface area contributed by atoms with Gasteiger partial charge in [-0.15, -0.1) is 6.42 Å². The zero-order chi connectivity index (χ0) is 31.7. The van der Waals surface area contributed by atoms with Gasteiger partial charge in [-0.05, 0) is 87.5 Å². The highest BCUT2D eigenvalue weighted by atomic mass is 19.1. The number of nitrogens with two attached hydrogens (primary N) is 1. The standard InChI is InChI=1S/C37H39F2N7/c1-4-25-28(38)10-9-23-18-22(2)19-26(30(23)25)31-33(39)35-32(27-21-44(3)43-34(27)31)36(45-15-5-8-24(40)20-45)42-29(41-35)11-14-37-12-6-16-46(37)17-7-13-37/h1,9-10,18-19,21,24H,5-8,11-17,20,40H2,2-3H3. The molecule has 8 rings (SSSR count). The number of hydrogen-bond donors (Lipinski definition) is 1. The Balaban J connectivity index is 1.40. The van der Waals surface area contributed by atoms with Gasteiger partial charge in [-0.1, -0.05) is 24.1 Å². The lowest BCUT2D eigenvalue weighted by Crippen LogP contribution is -2.43. The molecule has 0 spiro atoms. The molecule has 9 heteroatoms. The third kappa shape index (κ3) is 4.57. The van der Waals surface area contributed by atoms with Crippen LogP contribution in [0.1, 0.15) is 61.9 Å².